The molecule has 2 heterocycles. The molecule has 0 bridgehead atoms. The number of hydrogen-bond donors (Lipinski definition) is 1. The summed E-state index contributed by atoms with van der Waals surface area (Å²) < 4.78 is 0. The van der Waals surface area contributed by atoms with Crippen LogP contribution in [0.2, 0.25) is 0 Å². The molecule has 2 aromatic rings. The van der Waals surface area contributed by atoms with Crippen molar-refractivity contribution in [1.82, 2.24) is 9.97 Å². The van der Waals surface area contributed by atoms with Gasteiger partial charge in [-0.2, -0.15) is 0 Å². The molecular weight excluding hydrogens is 266 g/mol. The Morgan fingerprint density at radius 3 is 2.33 bits per heavy atom. The Bertz CT molecular complexity index is 634. The molecule has 0 saturated carbocycles. The van der Waals surface area contributed by atoms with Gasteiger partial charge in [-0.3, -0.25) is 4.98 Å². The van der Waals surface area contributed by atoms with Gasteiger partial charge in [0.05, 0.1) is 5.56 Å². The molecule has 1 aromatic heterocycles. The van der Waals surface area contributed by atoms with Crippen LogP contribution in [0.4, 0.5) is 5.82 Å². The molecule has 1 N–H and O–H groups in total. The third-order valence-electron chi connectivity index (χ3n) is 3.74. The van der Waals surface area contributed by atoms with Crippen LogP contribution in [-0.4, -0.2) is 34.1 Å². The molecule has 21 heavy (non-hydrogen) atoms. The second kappa shape index (κ2) is 5.91. The van der Waals surface area contributed by atoms with Crippen LogP contribution in [0.3, 0.4) is 0 Å². The zero-order chi connectivity index (χ0) is 14.7. The van der Waals surface area contributed by atoms with Crippen LogP contribution in [0.1, 0.15) is 29.6 Å². The van der Waals surface area contributed by atoms with Crippen LogP contribution in [0, 0.1) is 0 Å². The summed E-state index contributed by atoms with van der Waals surface area (Å²) in [5.41, 5.74) is 1.99. The van der Waals surface area contributed by atoms with Gasteiger partial charge in [0.2, 0.25) is 0 Å². The summed E-state index contributed by atoms with van der Waals surface area (Å²) in [7, 11) is 0. The maximum absolute atomic E-state index is 10.9. The molecule has 0 atom stereocenters. The van der Waals surface area contributed by atoms with Crippen LogP contribution in [0.25, 0.3) is 11.3 Å². The third kappa shape index (κ3) is 2.86. The van der Waals surface area contributed by atoms with Crippen molar-refractivity contribution in [2.24, 2.45) is 0 Å². The maximum atomic E-state index is 10.9. The molecule has 1 aliphatic rings. The highest BCUT2D eigenvalue weighted by Gasteiger charge is 2.17. The van der Waals surface area contributed by atoms with Crippen LogP contribution in [0.15, 0.2) is 36.7 Å². The number of carbonyl (C=O) groups is 1. The molecule has 0 unspecified atom stereocenters. The Morgan fingerprint density at radius 1 is 1.00 bits per heavy atom. The number of carboxylic acids is 1. The molecule has 0 radical (unpaired) electrons. The summed E-state index contributed by atoms with van der Waals surface area (Å²) in [6.07, 6.45) is 6.99. The summed E-state index contributed by atoms with van der Waals surface area (Å²) in [5, 5.41) is 8.97. The Hall–Kier alpha value is -2.43. The first-order valence-corrected chi connectivity index (χ1v) is 7.15. The number of aromatic nitrogens is 2. The number of rotatable bonds is 3. The zero-order valence-corrected chi connectivity index (χ0v) is 11.7. The van der Waals surface area contributed by atoms with Crippen molar-refractivity contribution in [2.75, 3.05) is 18.0 Å². The normalized spacial score (nSPS) is 15.0. The zero-order valence-electron chi connectivity index (χ0n) is 11.7. The largest absolute Gasteiger partial charge is 0.478 e. The Labute approximate surface area is 123 Å². The van der Waals surface area contributed by atoms with E-state index in [4.69, 9.17) is 5.11 Å². The summed E-state index contributed by atoms with van der Waals surface area (Å²) in [6, 6.07) is 6.79. The van der Waals surface area contributed by atoms with Gasteiger partial charge in [-0.15, -0.1) is 0 Å². The Kier molecular flexibility index (Phi) is 3.81. The predicted molar refractivity (Wildman–Crippen MR) is 80.5 cm³/mol. The molecule has 0 amide bonds. The molecule has 0 spiro atoms. The van der Waals surface area contributed by atoms with E-state index in [0.717, 1.165) is 30.2 Å². The van der Waals surface area contributed by atoms with Gasteiger partial charge in [-0.25, -0.2) is 9.78 Å². The van der Waals surface area contributed by atoms with Gasteiger partial charge >= 0.3 is 5.97 Å². The quantitative estimate of drug-likeness (QED) is 0.938. The first-order valence-electron chi connectivity index (χ1n) is 7.15. The van der Waals surface area contributed by atoms with Crippen molar-refractivity contribution in [3.05, 3.63) is 42.2 Å². The van der Waals surface area contributed by atoms with Crippen LogP contribution >= 0.6 is 0 Å². The van der Waals surface area contributed by atoms with E-state index in [-0.39, 0.29) is 5.56 Å². The fraction of sp³-hybridized carbons (Fsp3) is 0.312. The van der Waals surface area contributed by atoms with Crippen molar-refractivity contribution in [3.8, 4) is 11.3 Å². The smallest absolute Gasteiger partial charge is 0.335 e. The van der Waals surface area contributed by atoms with Gasteiger partial charge in [-0.1, -0.05) is 12.1 Å². The fourth-order valence-electron chi connectivity index (χ4n) is 2.64. The minimum atomic E-state index is -0.919. The van der Waals surface area contributed by atoms with Crippen molar-refractivity contribution in [2.45, 2.75) is 19.3 Å². The molecule has 1 aromatic carbocycles. The van der Waals surface area contributed by atoms with E-state index in [1.165, 1.54) is 19.3 Å². The van der Waals surface area contributed by atoms with Gasteiger partial charge in [-0.05, 0) is 31.4 Å². The van der Waals surface area contributed by atoms with Crippen molar-refractivity contribution in [1.29, 1.82) is 0 Å². The van der Waals surface area contributed by atoms with E-state index < -0.39 is 5.97 Å². The van der Waals surface area contributed by atoms with Crippen molar-refractivity contribution >= 4 is 11.8 Å². The predicted octanol–water partition coefficient (Wildman–Crippen LogP) is 2.83. The molecule has 3 rings (SSSR count). The van der Waals surface area contributed by atoms with E-state index in [1.807, 2.05) is 0 Å². The first-order chi connectivity index (χ1) is 10.3. The molecular formula is C16H17N3O2. The molecule has 5 heteroatoms. The topological polar surface area (TPSA) is 66.3 Å². The van der Waals surface area contributed by atoms with Crippen molar-refractivity contribution in [3.63, 3.8) is 0 Å². The molecule has 1 saturated heterocycles. The monoisotopic (exact) mass is 283 g/mol. The summed E-state index contributed by atoms with van der Waals surface area (Å²) in [6.45, 7) is 2.00. The van der Waals surface area contributed by atoms with Crippen molar-refractivity contribution < 1.29 is 9.90 Å². The lowest BCUT2D eigenvalue weighted by atomic mass is 10.1. The second-order valence-corrected chi connectivity index (χ2v) is 5.16. The SMILES string of the molecule is O=C(O)c1ccc(-c2nccnc2N2CCCCC2)cc1. The first kappa shape index (κ1) is 13.5. The number of piperidine rings is 1. The highest BCUT2D eigenvalue weighted by atomic mass is 16.4. The summed E-state index contributed by atoms with van der Waals surface area (Å²) in [4.78, 5) is 22.1. The van der Waals surface area contributed by atoms with Crippen LogP contribution in [-0.2, 0) is 0 Å². The summed E-state index contributed by atoms with van der Waals surface area (Å²) >= 11 is 0. The van der Waals surface area contributed by atoms with Gasteiger partial charge in [0, 0.05) is 31.0 Å². The van der Waals surface area contributed by atoms with E-state index >= 15 is 0 Å². The van der Waals surface area contributed by atoms with Gasteiger partial charge in [0.25, 0.3) is 0 Å². The molecule has 1 fully saturated rings. The minimum Gasteiger partial charge on any atom is -0.478 e. The number of nitrogens with zero attached hydrogens (tertiary/aromatic N) is 3. The average Bonchev–Trinajstić information content (AvgIpc) is 2.56. The molecule has 0 aliphatic carbocycles. The van der Waals surface area contributed by atoms with E-state index in [0.29, 0.717) is 0 Å². The number of anilines is 1. The highest BCUT2D eigenvalue weighted by Crippen LogP contribution is 2.28. The third-order valence-corrected chi connectivity index (χ3v) is 3.74. The average molecular weight is 283 g/mol. The number of benzene rings is 1. The van der Waals surface area contributed by atoms with Gasteiger partial charge < -0.3 is 10.0 Å². The summed E-state index contributed by atoms with van der Waals surface area (Å²) in [5.74, 6) is -0.0303. The fourth-order valence-corrected chi connectivity index (χ4v) is 2.64. The molecule has 5 nitrogen and oxygen atoms in total. The highest BCUT2D eigenvalue weighted by molar-refractivity contribution is 5.88. The van der Waals surface area contributed by atoms with E-state index in [9.17, 15) is 4.79 Å². The number of hydrogen-bond acceptors (Lipinski definition) is 4. The van der Waals surface area contributed by atoms with E-state index in [2.05, 4.69) is 14.9 Å². The lowest BCUT2D eigenvalue weighted by Gasteiger charge is -2.28. The van der Waals surface area contributed by atoms with Crippen LogP contribution in [0.5, 0.6) is 0 Å². The van der Waals surface area contributed by atoms with Gasteiger partial charge in [0.15, 0.2) is 5.82 Å². The lowest BCUT2D eigenvalue weighted by molar-refractivity contribution is 0.0697. The number of aromatic carboxylic acids is 1. The minimum absolute atomic E-state index is 0.280. The molecule has 1 aliphatic heterocycles. The maximum Gasteiger partial charge on any atom is 0.335 e. The lowest BCUT2D eigenvalue weighted by Crippen LogP contribution is -2.30. The Balaban J connectivity index is 1.96. The Morgan fingerprint density at radius 2 is 1.67 bits per heavy atom. The van der Waals surface area contributed by atoms with E-state index in [1.54, 1.807) is 36.7 Å². The van der Waals surface area contributed by atoms with Gasteiger partial charge in [0.1, 0.15) is 5.69 Å². The standard InChI is InChI=1S/C16H17N3O2/c20-16(21)13-6-4-12(5-7-13)14-15(18-9-8-17-14)19-10-2-1-3-11-19/h4-9H,1-3,10-11H2,(H,20,21). The molecule has 108 valence electrons. The second-order valence-electron chi connectivity index (χ2n) is 5.16. The number of carboxylic acid groups (broad SMARTS) is 1. The van der Waals surface area contributed by atoms with Crippen LogP contribution < -0.4 is 4.90 Å².